The second-order valence-corrected chi connectivity index (χ2v) is 4.77. The monoisotopic (exact) mass is 288 g/mol. The number of hydrogen-bond donors (Lipinski definition) is 1. The van der Waals surface area contributed by atoms with E-state index in [0.29, 0.717) is 6.54 Å². The highest BCUT2D eigenvalue weighted by atomic mass is 35.5. The van der Waals surface area contributed by atoms with E-state index in [-0.39, 0.29) is 24.4 Å². The number of carbonyl (C=O) groups excluding carboxylic acids is 1. The lowest BCUT2D eigenvalue weighted by Gasteiger charge is -2.25. The number of nitrogens with zero attached hydrogens (tertiary/aromatic N) is 1. The van der Waals surface area contributed by atoms with Crippen molar-refractivity contribution >= 4 is 29.9 Å². The molecule has 1 aromatic carbocycles. The van der Waals surface area contributed by atoms with Crippen LogP contribution in [0.1, 0.15) is 24.4 Å². The molecule has 0 bridgehead atoms. The molecule has 0 aliphatic carbocycles. The molecule has 0 spiro atoms. The minimum atomic E-state index is 0. The van der Waals surface area contributed by atoms with Crippen LogP contribution in [0.15, 0.2) is 24.3 Å². The molecule has 1 unspecified atom stereocenters. The molecule has 5 heteroatoms. The highest BCUT2D eigenvalue weighted by Crippen LogP contribution is 2.32. The zero-order valence-electron chi connectivity index (χ0n) is 10.4. The maximum absolute atomic E-state index is 11.9. The summed E-state index contributed by atoms with van der Waals surface area (Å²) in [5.41, 5.74) is 1.14. The maximum atomic E-state index is 11.9. The standard InChI is InChI=1S/C13H17ClN2O.ClH/c1-15-9-13(17)16-7-3-6-12(16)10-4-2-5-11(14)8-10;/h2,4-5,8,12,15H,3,6-7,9H2,1H3;1H. The van der Waals surface area contributed by atoms with Crippen LogP contribution in [0.3, 0.4) is 0 Å². The van der Waals surface area contributed by atoms with Gasteiger partial charge in [0.15, 0.2) is 0 Å². The van der Waals surface area contributed by atoms with Gasteiger partial charge in [-0.2, -0.15) is 0 Å². The third-order valence-corrected chi connectivity index (χ3v) is 3.37. The van der Waals surface area contributed by atoms with Crippen LogP contribution in [0.4, 0.5) is 0 Å². The number of halogens is 2. The zero-order chi connectivity index (χ0) is 12.3. The van der Waals surface area contributed by atoms with E-state index in [2.05, 4.69) is 5.32 Å². The Kier molecular flexibility index (Phi) is 5.93. The van der Waals surface area contributed by atoms with Gasteiger partial charge < -0.3 is 10.2 Å². The van der Waals surface area contributed by atoms with Crippen molar-refractivity contribution in [3.05, 3.63) is 34.9 Å². The summed E-state index contributed by atoms with van der Waals surface area (Å²) in [4.78, 5) is 13.9. The topological polar surface area (TPSA) is 32.3 Å². The highest BCUT2D eigenvalue weighted by molar-refractivity contribution is 6.30. The van der Waals surface area contributed by atoms with Gasteiger partial charge in [0.2, 0.25) is 5.91 Å². The minimum absolute atomic E-state index is 0. The first-order valence-electron chi connectivity index (χ1n) is 5.92. The molecule has 100 valence electrons. The summed E-state index contributed by atoms with van der Waals surface area (Å²) in [6.07, 6.45) is 2.09. The molecular formula is C13H18Cl2N2O. The molecule has 0 aromatic heterocycles. The van der Waals surface area contributed by atoms with Crippen molar-refractivity contribution in [3.8, 4) is 0 Å². The summed E-state index contributed by atoms with van der Waals surface area (Å²) in [5.74, 6) is 0.162. The van der Waals surface area contributed by atoms with Crippen LogP contribution in [0, 0.1) is 0 Å². The summed E-state index contributed by atoms with van der Waals surface area (Å²) in [5, 5.41) is 3.64. The number of likely N-dealkylation sites (N-methyl/N-ethyl adjacent to an activating group) is 1. The molecule has 1 heterocycles. The highest BCUT2D eigenvalue weighted by Gasteiger charge is 2.29. The molecule has 1 fully saturated rings. The molecule has 1 saturated heterocycles. The first-order chi connectivity index (χ1) is 8.22. The van der Waals surface area contributed by atoms with Gasteiger partial charge in [0, 0.05) is 11.6 Å². The van der Waals surface area contributed by atoms with Gasteiger partial charge in [-0.3, -0.25) is 4.79 Å². The van der Waals surface area contributed by atoms with Gasteiger partial charge in [0.1, 0.15) is 0 Å². The van der Waals surface area contributed by atoms with Crippen molar-refractivity contribution in [3.63, 3.8) is 0 Å². The Morgan fingerprint density at radius 2 is 2.33 bits per heavy atom. The quantitative estimate of drug-likeness (QED) is 0.927. The van der Waals surface area contributed by atoms with E-state index in [1.807, 2.05) is 29.2 Å². The third-order valence-electron chi connectivity index (χ3n) is 3.13. The van der Waals surface area contributed by atoms with E-state index in [4.69, 9.17) is 11.6 Å². The predicted octanol–water partition coefficient (Wildman–Crippen LogP) is 2.64. The van der Waals surface area contributed by atoms with Crippen LogP contribution in [0.25, 0.3) is 0 Å². The number of carbonyl (C=O) groups is 1. The number of amides is 1. The Hall–Kier alpha value is -0.770. The van der Waals surface area contributed by atoms with E-state index in [9.17, 15) is 4.79 Å². The van der Waals surface area contributed by atoms with Crippen molar-refractivity contribution in [1.82, 2.24) is 10.2 Å². The fourth-order valence-corrected chi connectivity index (χ4v) is 2.58. The van der Waals surface area contributed by atoms with E-state index in [1.54, 1.807) is 7.05 Å². The number of hydrogen-bond acceptors (Lipinski definition) is 2. The van der Waals surface area contributed by atoms with E-state index in [1.165, 1.54) is 0 Å². The summed E-state index contributed by atoms with van der Waals surface area (Å²) >= 11 is 6.00. The molecule has 0 radical (unpaired) electrons. The molecule has 1 aliphatic heterocycles. The van der Waals surface area contributed by atoms with Crippen LogP contribution in [-0.2, 0) is 4.79 Å². The number of benzene rings is 1. The second-order valence-electron chi connectivity index (χ2n) is 4.33. The summed E-state index contributed by atoms with van der Waals surface area (Å²) in [6, 6.07) is 7.99. The fourth-order valence-electron chi connectivity index (χ4n) is 2.38. The Bertz CT molecular complexity index is 412. The lowest BCUT2D eigenvalue weighted by molar-refractivity contribution is -0.131. The van der Waals surface area contributed by atoms with Crippen LogP contribution in [0.2, 0.25) is 5.02 Å². The fraction of sp³-hybridized carbons (Fsp3) is 0.462. The molecule has 1 aliphatic rings. The number of nitrogens with one attached hydrogen (secondary N) is 1. The molecule has 1 amide bonds. The molecule has 3 nitrogen and oxygen atoms in total. The normalized spacial score (nSPS) is 18.6. The van der Waals surface area contributed by atoms with Crippen molar-refractivity contribution in [1.29, 1.82) is 0 Å². The lowest BCUT2D eigenvalue weighted by Crippen LogP contribution is -2.36. The van der Waals surface area contributed by atoms with Gasteiger partial charge in [0.05, 0.1) is 12.6 Å². The van der Waals surface area contributed by atoms with Crippen LogP contribution in [0.5, 0.6) is 0 Å². The third kappa shape index (κ3) is 3.37. The lowest BCUT2D eigenvalue weighted by atomic mass is 10.0. The Balaban J connectivity index is 0.00000162. The second kappa shape index (κ2) is 6.98. The van der Waals surface area contributed by atoms with Gasteiger partial charge in [-0.15, -0.1) is 12.4 Å². The van der Waals surface area contributed by atoms with Crippen molar-refractivity contribution in [2.45, 2.75) is 18.9 Å². The summed E-state index contributed by atoms with van der Waals surface area (Å²) in [6.45, 7) is 1.24. The average Bonchev–Trinajstić information content (AvgIpc) is 2.78. The van der Waals surface area contributed by atoms with Crippen molar-refractivity contribution < 1.29 is 4.79 Å². The molecule has 2 rings (SSSR count). The number of rotatable bonds is 3. The molecule has 1 N–H and O–H groups in total. The summed E-state index contributed by atoms with van der Waals surface area (Å²) in [7, 11) is 1.79. The van der Waals surface area contributed by atoms with Gasteiger partial charge >= 0.3 is 0 Å². The molecule has 18 heavy (non-hydrogen) atoms. The zero-order valence-corrected chi connectivity index (χ0v) is 11.9. The summed E-state index contributed by atoms with van der Waals surface area (Å²) < 4.78 is 0. The SMILES string of the molecule is CNCC(=O)N1CCCC1c1cccc(Cl)c1.Cl. The van der Waals surface area contributed by atoms with E-state index in [0.717, 1.165) is 30.0 Å². The van der Waals surface area contributed by atoms with Crippen LogP contribution < -0.4 is 5.32 Å². The van der Waals surface area contributed by atoms with Gasteiger partial charge in [-0.05, 0) is 37.6 Å². The van der Waals surface area contributed by atoms with E-state index < -0.39 is 0 Å². The predicted molar refractivity (Wildman–Crippen MR) is 76.3 cm³/mol. The molecule has 0 saturated carbocycles. The molecule has 1 atom stereocenters. The van der Waals surface area contributed by atoms with Crippen molar-refractivity contribution in [2.75, 3.05) is 20.1 Å². The van der Waals surface area contributed by atoms with Gasteiger partial charge in [0.25, 0.3) is 0 Å². The Morgan fingerprint density at radius 1 is 1.56 bits per heavy atom. The Morgan fingerprint density at radius 3 is 3.00 bits per heavy atom. The van der Waals surface area contributed by atoms with E-state index >= 15 is 0 Å². The minimum Gasteiger partial charge on any atom is -0.335 e. The maximum Gasteiger partial charge on any atom is 0.237 e. The Labute approximate surface area is 119 Å². The first kappa shape index (κ1) is 15.3. The van der Waals surface area contributed by atoms with Gasteiger partial charge in [-0.1, -0.05) is 23.7 Å². The largest absolute Gasteiger partial charge is 0.335 e. The van der Waals surface area contributed by atoms with Crippen LogP contribution in [-0.4, -0.2) is 30.9 Å². The molecule has 1 aromatic rings. The smallest absolute Gasteiger partial charge is 0.237 e. The first-order valence-corrected chi connectivity index (χ1v) is 6.29. The molecular weight excluding hydrogens is 271 g/mol. The van der Waals surface area contributed by atoms with Gasteiger partial charge in [-0.25, -0.2) is 0 Å². The average molecular weight is 289 g/mol. The van der Waals surface area contributed by atoms with Crippen molar-refractivity contribution in [2.24, 2.45) is 0 Å². The number of likely N-dealkylation sites (tertiary alicyclic amines) is 1. The van der Waals surface area contributed by atoms with Crippen LogP contribution >= 0.6 is 24.0 Å².